The lowest BCUT2D eigenvalue weighted by molar-refractivity contribution is -0.115. The first kappa shape index (κ1) is 24.5. The number of nitriles is 1. The number of amides is 2. The summed E-state index contributed by atoms with van der Waals surface area (Å²) in [5.74, 6) is 0.0351. The maximum absolute atomic E-state index is 13.4. The fourth-order valence-corrected chi connectivity index (χ4v) is 6.02. The third-order valence-electron chi connectivity index (χ3n) is 7.03. The first-order valence-electron chi connectivity index (χ1n) is 12.1. The van der Waals surface area contributed by atoms with Gasteiger partial charge in [0.2, 0.25) is 5.91 Å². The first-order chi connectivity index (χ1) is 17.7. The lowest BCUT2D eigenvalue weighted by atomic mass is 9.88. The van der Waals surface area contributed by atoms with E-state index in [0.29, 0.717) is 47.1 Å². The zero-order valence-electron chi connectivity index (χ0n) is 20.3. The van der Waals surface area contributed by atoms with E-state index in [1.54, 1.807) is 24.3 Å². The number of fused-ring (bicyclic) bond motifs is 1. The van der Waals surface area contributed by atoms with Crippen molar-refractivity contribution in [1.82, 2.24) is 4.90 Å². The van der Waals surface area contributed by atoms with Crippen LogP contribution in [-0.4, -0.2) is 38.2 Å². The van der Waals surface area contributed by atoms with Gasteiger partial charge in [0.25, 0.3) is 15.9 Å². The highest BCUT2D eigenvalue weighted by Gasteiger charge is 2.26. The molecule has 5 rings (SSSR count). The Hall–Kier alpha value is -4.16. The summed E-state index contributed by atoms with van der Waals surface area (Å²) in [7, 11) is -3.91. The summed E-state index contributed by atoms with van der Waals surface area (Å²) in [6.07, 6.45) is 1.78. The number of hydrogen-bond donors (Lipinski definition) is 2. The molecule has 2 N–H and O–H groups in total. The molecule has 0 unspecified atom stereocenters. The lowest BCUT2D eigenvalue weighted by Gasteiger charge is -2.32. The smallest absolute Gasteiger partial charge is 0.261 e. The normalized spacial score (nSPS) is 15.6. The van der Waals surface area contributed by atoms with Crippen molar-refractivity contribution >= 4 is 33.2 Å². The Bertz CT molecular complexity index is 1530. The van der Waals surface area contributed by atoms with E-state index >= 15 is 0 Å². The Kier molecular flexibility index (Phi) is 6.44. The monoisotopic (exact) mass is 514 g/mol. The summed E-state index contributed by atoms with van der Waals surface area (Å²) in [6.45, 7) is 3.03. The number of carbonyl (C=O) groups is 2. The van der Waals surface area contributed by atoms with Gasteiger partial charge >= 0.3 is 0 Å². The van der Waals surface area contributed by atoms with Crippen LogP contribution in [0.15, 0.2) is 65.6 Å². The summed E-state index contributed by atoms with van der Waals surface area (Å²) in [4.78, 5) is 26.8. The Morgan fingerprint density at radius 2 is 1.78 bits per heavy atom. The van der Waals surface area contributed by atoms with Crippen LogP contribution in [0.3, 0.4) is 0 Å². The standard InChI is InChI=1S/C28H26N4O4S/c1-18-2-7-23(31-37(35,36)24-8-9-26-22(14-24)15-27(33)30-26)16-25(18)28(34)32-12-10-21(11-13-32)20-5-3-19(17-29)4-6-20/h2-9,14,16,21,31H,10-13,15H2,1H3,(H,30,33). The molecule has 0 aromatic heterocycles. The fraction of sp³-hybridized carbons (Fsp3) is 0.250. The van der Waals surface area contributed by atoms with Crippen LogP contribution in [0.2, 0.25) is 0 Å². The zero-order chi connectivity index (χ0) is 26.2. The highest BCUT2D eigenvalue weighted by atomic mass is 32.2. The molecule has 2 aliphatic rings. The quantitative estimate of drug-likeness (QED) is 0.529. The maximum atomic E-state index is 13.4. The lowest BCUT2D eigenvalue weighted by Crippen LogP contribution is -2.38. The van der Waals surface area contributed by atoms with Crippen LogP contribution in [0.4, 0.5) is 11.4 Å². The Labute approximate surface area is 216 Å². The predicted octanol–water partition coefficient (Wildman–Crippen LogP) is 4.18. The van der Waals surface area contributed by atoms with Gasteiger partial charge in [-0.05, 0) is 84.8 Å². The SMILES string of the molecule is Cc1ccc(NS(=O)(=O)c2ccc3c(c2)CC(=O)N3)cc1C(=O)N1CCC(c2ccc(C#N)cc2)CC1. The van der Waals surface area contributed by atoms with Gasteiger partial charge in [-0.1, -0.05) is 18.2 Å². The molecule has 0 radical (unpaired) electrons. The van der Waals surface area contributed by atoms with Crippen LogP contribution in [0.25, 0.3) is 0 Å². The number of piperidine rings is 1. The Balaban J connectivity index is 1.28. The largest absolute Gasteiger partial charge is 0.339 e. The van der Waals surface area contributed by atoms with Crippen molar-refractivity contribution in [2.45, 2.75) is 37.0 Å². The van der Waals surface area contributed by atoms with Gasteiger partial charge in [-0.2, -0.15) is 5.26 Å². The number of aryl methyl sites for hydroxylation is 1. The minimum absolute atomic E-state index is 0.0566. The van der Waals surface area contributed by atoms with Gasteiger partial charge in [0.1, 0.15) is 0 Å². The van der Waals surface area contributed by atoms with E-state index in [2.05, 4.69) is 16.1 Å². The van der Waals surface area contributed by atoms with Crippen LogP contribution in [0, 0.1) is 18.3 Å². The number of likely N-dealkylation sites (tertiary alicyclic amines) is 1. The second-order valence-corrected chi connectivity index (χ2v) is 11.2. The number of rotatable bonds is 5. The molecule has 8 nitrogen and oxygen atoms in total. The number of anilines is 2. The van der Waals surface area contributed by atoms with Crippen LogP contribution in [0.5, 0.6) is 0 Å². The van der Waals surface area contributed by atoms with Crippen molar-refractivity contribution in [2.75, 3.05) is 23.1 Å². The third-order valence-corrected chi connectivity index (χ3v) is 8.40. The van der Waals surface area contributed by atoms with E-state index in [1.165, 1.54) is 17.7 Å². The second-order valence-electron chi connectivity index (χ2n) is 9.48. The van der Waals surface area contributed by atoms with Crippen LogP contribution < -0.4 is 10.0 Å². The van der Waals surface area contributed by atoms with Gasteiger partial charge in [0, 0.05) is 30.0 Å². The van der Waals surface area contributed by atoms with Gasteiger partial charge in [-0.25, -0.2) is 8.42 Å². The van der Waals surface area contributed by atoms with Crippen LogP contribution in [-0.2, 0) is 21.2 Å². The van der Waals surface area contributed by atoms with Crippen LogP contribution in [0.1, 0.15) is 51.4 Å². The third kappa shape index (κ3) is 5.06. The van der Waals surface area contributed by atoms with Crippen molar-refractivity contribution in [3.8, 4) is 6.07 Å². The molecule has 188 valence electrons. The summed E-state index contributed by atoms with van der Waals surface area (Å²) in [5, 5.41) is 11.7. The van der Waals surface area contributed by atoms with Crippen LogP contribution >= 0.6 is 0 Å². The molecular weight excluding hydrogens is 488 g/mol. The van der Waals surface area contributed by atoms with E-state index in [-0.39, 0.29) is 23.1 Å². The van der Waals surface area contributed by atoms with Gasteiger partial charge in [0.15, 0.2) is 0 Å². The molecular formula is C28H26N4O4S. The predicted molar refractivity (Wildman–Crippen MR) is 140 cm³/mol. The molecule has 3 aromatic carbocycles. The number of benzene rings is 3. The average Bonchev–Trinajstić information content (AvgIpc) is 3.29. The van der Waals surface area contributed by atoms with Crippen molar-refractivity contribution < 1.29 is 18.0 Å². The summed E-state index contributed by atoms with van der Waals surface area (Å²) in [5.41, 5.74) is 4.59. The number of sulfonamides is 1. The number of carbonyl (C=O) groups excluding carboxylic acids is 2. The Morgan fingerprint density at radius 1 is 1.05 bits per heavy atom. The molecule has 3 aromatic rings. The molecule has 1 fully saturated rings. The first-order valence-corrected chi connectivity index (χ1v) is 13.6. The molecule has 2 heterocycles. The van der Waals surface area contributed by atoms with E-state index in [1.807, 2.05) is 36.1 Å². The van der Waals surface area contributed by atoms with Gasteiger partial charge in [0.05, 0.1) is 22.9 Å². The van der Waals surface area contributed by atoms with Gasteiger partial charge in [-0.3, -0.25) is 14.3 Å². The van der Waals surface area contributed by atoms with Crippen molar-refractivity contribution in [3.05, 3.63) is 88.5 Å². The minimum Gasteiger partial charge on any atom is -0.339 e. The maximum Gasteiger partial charge on any atom is 0.261 e. The summed E-state index contributed by atoms with van der Waals surface area (Å²) < 4.78 is 28.6. The molecule has 9 heteroatoms. The number of nitrogens with zero attached hydrogens (tertiary/aromatic N) is 2. The number of nitrogens with one attached hydrogen (secondary N) is 2. The Morgan fingerprint density at radius 3 is 2.49 bits per heavy atom. The molecule has 0 saturated carbocycles. The van der Waals surface area contributed by atoms with E-state index < -0.39 is 10.0 Å². The molecule has 37 heavy (non-hydrogen) atoms. The molecule has 2 amide bonds. The molecule has 2 aliphatic heterocycles. The van der Waals surface area contributed by atoms with E-state index in [0.717, 1.165) is 18.4 Å². The molecule has 0 bridgehead atoms. The molecule has 1 saturated heterocycles. The van der Waals surface area contributed by atoms with Crippen molar-refractivity contribution in [2.24, 2.45) is 0 Å². The number of hydrogen-bond acceptors (Lipinski definition) is 5. The van der Waals surface area contributed by atoms with Gasteiger partial charge < -0.3 is 10.2 Å². The van der Waals surface area contributed by atoms with Gasteiger partial charge in [-0.15, -0.1) is 0 Å². The average molecular weight is 515 g/mol. The van der Waals surface area contributed by atoms with Crippen molar-refractivity contribution in [1.29, 1.82) is 5.26 Å². The molecule has 0 aliphatic carbocycles. The topological polar surface area (TPSA) is 119 Å². The zero-order valence-corrected chi connectivity index (χ0v) is 21.1. The minimum atomic E-state index is -3.91. The van der Waals surface area contributed by atoms with E-state index in [4.69, 9.17) is 5.26 Å². The fourth-order valence-electron chi connectivity index (χ4n) is 4.92. The van der Waals surface area contributed by atoms with Crippen molar-refractivity contribution in [3.63, 3.8) is 0 Å². The second kappa shape index (κ2) is 9.71. The highest BCUT2D eigenvalue weighted by Crippen LogP contribution is 2.30. The summed E-state index contributed by atoms with van der Waals surface area (Å²) in [6, 6.07) is 19.2. The molecule has 0 atom stereocenters. The summed E-state index contributed by atoms with van der Waals surface area (Å²) >= 11 is 0. The highest BCUT2D eigenvalue weighted by molar-refractivity contribution is 7.92. The molecule has 0 spiro atoms. The van der Waals surface area contributed by atoms with E-state index in [9.17, 15) is 18.0 Å².